The summed E-state index contributed by atoms with van der Waals surface area (Å²) in [6, 6.07) is 10.2. The van der Waals surface area contributed by atoms with Gasteiger partial charge in [-0.25, -0.2) is 0 Å². The lowest BCUT2D eigenvalue weighted by molar-refractivity contribution is 0.411. The van der Waals surface area contributed by atoms with Crippen LogP contribution in [0.4, 0.5) is 0 Å². The number of hydrogen-bond donors (Lipinski definition) is 0. The monoisotopic (exact) mass is 187 g/mol. The molecule has 0 radical (unpaired) electrons. The third kappa shape index (κ3) is 1.51. The van der Waals surface area contributed by atoms with Crippen LogP contribution in [-0.4, -0.2) is 11.7 Å². The zero-order valence-corrected chi connectivity index (χ0v) is 8.40. The molecule has 0 saturated heterocycles. The number of rotatable bonds is 2. The molecule has 0 spiro atoms. The van der Waals surface area contributed by atoms with E-state index in [1.807, 2.05) is 37.5 Å². The third-order valence-electron chi connectivity index (χ3n) is 2.29. The van der Waals surface area contributed by atoms with Crippen LogP contribution in [0.25, 0.3) is 5.69 Å². The van der Waals surface area contributed by atoms with E-state index in [0.29, 0.717) is 0 Å². The topological polar surface area (TPSA) is 14.2 Å². The molecule has 72 valence electrons. The second-order valence-corrected chi connectivity index (χ2v) is 3.24. The highest BCUT2D eigenvalue weighted by molar-refractivity contribution is 5.44. The molecule has 0 aliphatic heterocycles. The Morgan fingerprint density at radius 1 is 1.14 bits per heavy atom. The summed E-state index contributed by atoms with van der Waals surface area (Å²) in [6.07, 6.45) is 4.04. The number of ether oxygens (including phenoxy) is 1. The molecule has 0 aliphatic rings. The maximum absolute atomic E-state index is 5.27. The van der Waals surface area contributed by atoms with E-state index in [0.717, 1.165) is 17.0 Å². The van der Waals surface area contributed by atoms with Crippen LogP contribution in [0.3, 0.4) is 0 Å². The molecule has 0 unspecified atom stereocenters. The van der Waals surface area contributed by atoms with Gasteiger partial charge in [-0.05, 0) is 30.7 Å². The quantitative estimate of drug-likeness (QED) is 0.705. The zero-order chi connectivity index (χ0) is 9.97. The van der Waals surface area contributed by atoms with E-state index in [1.165, 1.54) is 0 Å². The van der Waals surface area contributed by atoms with Crippen molar-refractivity contribution in [1.82, 2.24) is 4.57 Å². The van der Waals surface area contributed by atoms with Gasteiger partial charge in [0.2, 0.25) is 0 Å². The number of benzene rings is 1. The van der Waals surface area contributed by atoms with Gasteiger partial charge in [-0.3, -0.25) is 0 Å². The van der Waals surface area contributed by atoms with Crippen LogP contribution in [0, 0.1) is 6.92 Å². The molecule has 0 atom stereocenters. The summed E-state index contributed by atoms with van der Waals surface area (Å²) in [6.45, 7) is 2.04. The molecule has 14 heavy (non-hydrogen) atoms. The van der Waals surface area contributed by atoms with Crippen molar-refractivity contribution in [3.63, 3.8) is 0 Å². The molecule has 0 aliphatic carbocycles. The summed E-state index contributed by atoms with van der Waals surface area (Å²) >= 11 is 0. The first-order chi connectivity index (χ1) is 6.81. The Balaban J connectivity index is 2.46. The number of nitrogens with zero attached hydrogens (tertiary/aromatic N) is 1. The Labute approximate surface area is 83.8 Å². The van der Waals surface area contributed by atoms with Crippen LogP contribution >= 0.6 is 0 Å². The maximum atomic E-state index is 5.27. The molecule has 1 heterocycles. The molecular weight excluding hydrogens is 174 g/mol. The van der Waals surface area contributed by atoms with Crippen LogP contribution in [0.1, 0.15) is 5.56 Å². The molecule has 0 amide bonds. The minimum Gasteiger partial charge on any atom is -0.496 e. The van der Waals surface area contributed by atoms with Gasteiger partial charge in [-0.1, -0.05) is 6.07 Å². The average molecular weight is 187 g/mol. The van der Waals surface area contributed by atoms with E-state index in [4.69, 9.17) is 4.74 Å². The van der Waals surface area contributed by atoms with Crippen LogP contribution in [-0.2, 0) is 0 Å². The van der Waals surface area contributed by atoms with Crippen molar-refractivity contribution in [2.45, 2.75) is 6.92 Å². The highest BCUT2D eigenvalue weighted by atomic mass is 16.5. The van der Waals surface area contributed by atoms with E-state index >= 15 is 0 Å². The van der Waals surface area contributed by atoms with Gasteiger partial charge in [0.25, 0.3) is 0 Å². The van der Waals surface area contributed by atoms with Gasteiger partial charge in [-0.15, -0.1) is 0 Å². The van der Waals surface area contributed by atoms with Gasteiger partial charge in [0, 0.05) is 24.1 Å². The van der Waals surface area contributed by atoms with Crippen molar-refractivity contribution in [1.29, 1.82) is 0 Å². The van der Waals surface area contributed by atoms with Gasteiger partial charge in [0.15, 0.2) is 0 Å². The fourth-order valence-electron chi connectivity index (χ4n) is 1.48. The van der Waals surface area contributed by atoms with Gasteiger partial charge in [0.1, 0.15) is 5.75 Å². The van der Waals surface area contributed by atoms with Crippen molar-refractivity contribution >= 4 is 0 Å². The number of hydrogen-bond acceptors (Lipinski definition) is 1. The minimum atomic E-state index is 0.927. The fraction of sp³-hybridized carbons (Fsp3) is 0.167. The van der Waals surface area contributed by atoms with Gasteiger partial charge >= 0.3 is 0 Å². The Morgan fingerprint density at radius 2 is 1.86 bits per heavy atom. The van der Waals surface area contributed by atoms with Crippen molar-refractivity contribution in [2.24, 2.45) is 0 Å². The molecule has 0 fully saturated rings. The molecule has 1 aromatic carbocycles. The standard InChI is InChI=1S/C12H13NO/c1-10-5-6-11(9-12(10)14-2)13-7-3-4-8-13/h3-9H,1-2H3. The van der Waals surface area contributed by atoms with Crippen molar-refractivity contribution in [3.8, 4) is 11.4 Å². The molecule has 2 rings (SSSR count). The summed E-state index contributed by atoms with van der Waals surface area (Å²) in [5.74, 6) is 0.927. The fourth-order valence-corrected chi connectivity index (χ4v) is 1.48. The van der Waals surface area contributed by atoms with Crippen LogP contribution in [0.5, 0.6) is 5.75 Å². The summed E-state index contributed by atoms with van der Waals surface area (Å²) in [4.78, 5) is 0. The smallest absolute Gasteiger partial charge is 0.123 e. The molecule has 0 N–H and O–H groups in total. The van der Waals surface area contributed by atoms with E-state index in [2.05, 4.69) is 16.7 Å². The third-order valence-corrected chi connectivity index (χ3v) is 2.29. The molecule has 2 nitrogen and oxygen atoms in total. The van der Waals surface area contributed by atoms with Crippen molar-refractivity contribution in [3.05, 3.63) is 48.3 Å². The van der Waals surface area contributed by atoms with E-state index in [1.54, 1.807) is 7.11 Å². The maximum Gasteiger partial charge on any atom is 0.123 e. The summed E-state index contributed by atoms with van der Waals surface area (Å²) in [7, 11) is 1.70. The summed E-state index contributed by atoms with van der Waals surface area (Å²) in [5.41, 5.74) is 2.28. The number of aromatic nitrogens is 1. The van der Waals surface area contributed by atoms with Crippen LogP contribution in [0.2, 0.25) is 0 Å². The van der Waals surface area contributed by atoms with E-state index < -0.39 is 0 Å². The lowest BCUT2D eigenvalue weighted by Crippen LogP contribution is -1.93. The Bertz CT molecular complexity index is 418. The van der Waals surface area contributed by atoms with Gasteiger partial charge in [0.05, 0.1) is 7.11 Å². The largest absolute Gasteiger partial charge is 0.496 e. The average Bonchev–Trinajstić information content (AvgIpc) is 2.71. The first-order valence-corrected chi connectivity index (χ1v) is 4.59. The Kier molecular flexibility index (Phi) is 2.27. The molecule has 0 saturated carbocycles. The normalized spacial score (nSPS) is 10.1. The predicted molar refractivity (Wildman–Crippen MR) is 57.1 cm³/mol. The van der Waals surface area contributed by atoms with Crippen molar-refractivity contribution < 1.29 is 4.74 Å². The van der Waals surface area contributed by atoms with E-state index in [9.17, 15) is 0 Å². The predicted octanol–water partition coefficient (Wildman–Crippen LogP) is 2.79. The second-order valence-electron chi connectivity index (χ2n) is 3.24. The highest BCUT2D eigenvalue weighted by Gasteiger charge is 2.00. The summed E-state index contributed by atoms with van der Waals surface area (Å²) < 4.78 is 7.33. The van der Waals surface area contributed by atoms with Crippen LogP contribution < -0.4 is 4.74 Å². The number of methoxy groups -OCH3 is 1. The molecular formula is C12H13NO. The lowest BCUT2D eigenvalue weighted by atomic mass is 10.2. The first-order valence-electron chi connectivity index (χ1n) is 4.59. The Hall–Kier alpha value is -1.70. The number of aryl methyl sites for hydroxylation is 1. The van der Waals surface area contributed by atoms with Crippen LogP contribution in [0.15, 0.2) is 42.7 Å². The van der Waals surface area contributed by atoms with Gasteiger partial charge in [-0.2, -0.15) is 0 Å². The van der Waals surface area contributed by atoms with E-state index in [-0.39, 0.29) is 0 Å². The zero-order valence-electron chi connectivity index (χ0n) is 8.40. The van der Waals surface area contributed by atoms with Crippen molar-refractivity contribution in [2.75, 3.05) is 7.11 Å². The first kappa shape index (κ1) is 8.88. The SMILES string of the molecule is COc1cc(-n2cccc2)ccc1C. The molecule has 2 heteroatoms. The van der Waals surface area contributed by atoms with Gasteiger partial charge < -0.3 is 9.30 Å². The molecule has 1 aromatic heterocycles. The Morgan fingerprint density at radius 3 is 2.50 bits per heavy atom. The second kappa shape index (κ2) is 3.58. The molecule has 0 bridgehead atoms. The molecule has 2 aromatic rings. The lowest BCUT2D eigenvalue weighted by Gasteiger charge is -2.08. The minimum absolute atomic E-state index is 0.927. The summed E-state index contributed by atoms with van der Waals surface area (Å²) in [5, 5.41) is 0. The highest BCUT2D eigenvalue weighted by Crippen LogP contribution is 2.21.